The third-order valence-electron chi connectivity index (χ3n) is 7.46. The van der Waals surface area contributed by atoms with Crippen LogP contribution in [-0.4, -0.2) is 88.3 Å². The van der Waals surface area contributed by atoms with Crippen molar-refractivity contribution in [2.24, 2.45) is 0 Å². The van der Waals surface area contributed by atoms with E-state index in [2.05, 4.69) is 43.9 Å². The fourth-order valence-corrected chi connectivity index (χ4v) is 6.68. The van der Waals surface area contributed by atoms with E-state index in [9.17, 15) is 0 Å². The highest BCUT2D eigenvalue weighted by molar-refractivity contribution is 7.18. The summed E-state index contributed by atoms with van der Waals surface area (Å²) in [7, 11) is 0. The van der Waals surface area contributed by atoms with Gasteiger partial charge >= 0.3 is 0 Å². The summed E-state index contributed by atoms with van der Waals surface area (Å²) in [5.74, 6) is 1.72. The van der Waals surface area contributed by atoms with Crippen LogP contribution in [0.25, 0.3) is 32.6 Å². The average molecular weight is 476 g/mol. The molecule has 3 aliphatic rings. The molecule has 0 spiro atoms. The van der Waals surface area contributed by atoms with E-state index in [4.69, 9.17) is 19.7 Å². The predicted molar refractivity (Wildman–Crippen MR) is 135 cm³/mol. The molecule has 6 heterocycles. The van der Waals surface area contributed by atoms with Crippen LogP contribution in [0.1, 0.15) is 17.8 Å². The zero-order chi connectivity index (χ0) is 22.5. The maximum atomic E-state index is 5.62. The van der Waals surface area contributed by atoms with Gasteiger partial charge in [0.2, 0.25) is 0 Å². The lowest BCUT2D eigenvalue weighted by Crippen LogP contribution is -2.49. The first-order chi connectivity index (χ1) is 16.8. The van der Waals surface area contributed by atoms with E-state index in [1.54, 1.807) is 11.3 Å². The molecule has 1 N–H and O–H groups in total. The Hall–Kier alpha value is -2.59. The van der Waals surface area contributed by atoms with Crippen molar-refractivity contribution in [1.29, 1.82) is 0 Å². The van der Waals surface area contributed by atoms with Gasteiger partial charge in [-0.2, -0.15) is 0 Å². The molecule has 0 bridgehead atoms. The summed E-state index contributed by atoms with van der Waals surface area (Å²) in [6.07, 6.45) is 4.65. The zero-order valence-electron chi connectivity index (χ0n) is 19.2. The van der Waals surface area contributed by atoms with Crippen molar-refractivity contribution in [3.8, 4) is 11.4 Å². The van der Waals surface area contributed by atoms with E-state index >= 15 is 0 Å². The van der Waals surface area contributed by atoms with Crippen LogP contribution in [-0.2, 0) is 11.3 Å². The second-order valence-electron chi connectivity index (χ2n) is 9.54. The molecule has 0 amide bonds. The average Bonchev–Trinajstić information content (AvgIpc) is 3.62. The maximum Gasteiger partial charge on any atom is 0.163 e. The Balaban J connectivity index is 1.28. The van der Waals surface area contributed by atoms with E-state index in [0.29, 0.717) is 0 Å². The molecule has 1 aromatic carbocycles. The molecule has 1 unspecified atom stereocenters. The molecule has 4 aromatic rings. The lowest BCUT2D eigenvalue weighted by atomic mass is 10.1. The van der Waals surface area contributed by atoms with E-state index < -0.39 is 0 Å². The number of rotatable bonds is 4. The topological polar surface area (TPSA) is 73.4 Å². The predicted octanol–water partition coefficient (Wildman–Crippen LogP) is 3.35. The van der Waals surface area contributed by atoms with Gasteiger partial charge in [-0.25, -0.2) is 15.0 Å². The SMILES string of the molecule is c1cc(-c2nc(N3CCOCC3)c3nc(CN4CCN5CCCC5C4)sc3n2)c2cc[nH]c2c1. The molecule has 0 saturated carbocycles. The fourth-order valence-electron chi connectivity index (χ4n) is 5.71. The molecule has 1 atom stereocenters. The van der Waals surface area contributed by atoms with Crippen LogP contribution >= 0.6 is 11.3 Å². The summed E-state index contributed by atoms with van der Waals surface area (Å²) in [5.41, 5.74) is 3.10. The van der Waals surface area contributed by atoms with Gasteiger partial charge < -0.3 is 14.6 Å². The monoisotopic (exact) mass is 475 g/mol. The van der Waals surface area contributed by atoms with E-state index in [1.165, 1.54) is 25.9 Å². The van der Waals surface area contributed by atoms with Crippen molar-refractivity contribution >= 4 is 38.4 Å². The van der Waals surface area contributed by atoms with E-state index in [1.807, 2.05) is 6.20 Å². The van der Waals surface area contributed by atoms with Gasteiger partial charge in [0.15, 0.2) is 11.6 Å². The minimum Gasteiger partial charge on any atom is -0.378 e. The number of benzene rings is 1. The molecule has 3 aliphatic heterocycles. The lowest BCUT2D eigenvalue weighted by molar-refractivity contribution is 0.0993. The number of hydrogen-bond donors (Lipinski definition) is 1. The number of anilines is 1. The van der Waals surface area contributed by atoms with Gasteiger partial charge in [0.25, 0.3) is 0 Å². The number of nitrogens with zero attached hydrogens (tertiary/aromatic N) is 6. The quantitative estimate of drug-likeness (QED) is 0.485. The summed E-state index contributed by atoms with van der Waals surface area (Å²) in [6, 6.07) is 9.10. The summed E-state index contributed by atoms with van der Waals surface area (Å²) in [6.45, 7) is 8.72. The van der Waals surface area contributed by atoms with Crippen LogP contribution in [0, 0.1) is 0 Å². The van der Waals surface area contributed by atoms with Crippen molar-refractivity contribution in [3.05, 3.63) is 35.5 Å². The molecule has 8 nitrogen and oxygen atoms in total. The number of piperazine rings is 1. The van der Waals surface area contributed by atoms with Crippen molar-refractivity contribution in [2.75, 3.05) is 57.4 Å². The Labute approximate surface area is 202 Å². The molecule has 0 aliphatic carbocycles. The minimum absolute atomic E-state index is 0.719. The highest BCUT2D eigenvalue weighted by atomic mass is 32.1. The van der Waals surface area contributed by atoms with Gasteiger partial charge in [-0.3, -0.25) is 9.80 Å². The van der Waals surface area contributed by atoms with Crippen molar-refractivity contribution in [3.63, 3.8) is 0 Å². The number of thiazole rings is 1. The van der Waals surface area contributed by atoms with E-state index in [0.717, 1.165) is 95.4 Å². The number of hydrogen-bond acceptors (Lipinski definition) is 8. The third kappa shape index (κ3) is 3.67. The van der Waals surface area contributed by atoms with Crippen LogP contribution in [0.5, 0.6) is 0 Å². The number of H-pyrrole nitrogens is 1. The van der Waals surface area contributed by atoms with Crippen molar-refractivity contribution < 1.29 is 4.74 Å². The Morgan fingerprint density at radius 1 is 1.03 bits per heavy atom. The molecule has 3 saturated heterocycles. The fraction of sp³-hybridized carbons (Fsp3) is 0.480. The first-order valence-electron chi connectivity index (χ1n) is 12.3. The van der Waals surface area contributed by atoms with Gasteiger partial charge in [0.05, 0.1) is 19.8 Å². The molecule has 34 heavy (non-hydrogen) atoms. The van der Waals surface area contributed by atoms with E-state index in [-0.39, 0.29) is 0 Å². The van der Waals surface area contributed by atoms with Crippen LogP contribution in [0.4, 0.5) is 5.82 Å². The normalized spacial score (nSPS) is 22.1. The Kier molecular flexibility index (Phi) is 5.23. The largest absolute Gasteiger partial charge is 0.378 e. The molecule has 176 valence electrons. The third-order valence-corrected chi connectivity index (χ3v) is 8.40. The smallest absolute Gasteiger partial charge is 0.163 e. The Bertz CT molecular complexity index is 1330. The van der Waals surface area contributed by atoms with Gasteiger partial charge in [-0.15, -0.1) is 0 Å². The molecule has 3 fully saturated rings. The highest BCUT2D eigenvalue weighted by Gasteiger charge is 2.31. The molecular weight excluding hydrogens is 446 g/mol. The number of aromatic amines is 1. The van der Waals surface area contributed by atoms with Gasteiger partial charge in [-0.1, -0.05) is 23.5 Å². The lowest BCUT2D eigenvalue weighted by Gasteiger charge is -2.37. The number of nitrogens with one attached hydrogen (secondary N) is 1. The summed E-state index contributed by atoms with van der Waals surface area (Å²) >= 11 is 1.73. The first-order valence-corrected chi connectivity index (χ1v) is 13.2. The second kappa shape index (κ2) is 8.57. The van der Waals surface area contributed by atoms with Gasteiger partial charge in [0, 0.05) is 61.4 Å². The molecule has 0 radical (unpaired) electrons. The number of fused-ring (bicyclic) bond motifs is 3. The number of ether oxygens (including phenoxy) is 1. The number of aromatic nitrogens is 4. The summed E-state index contributed by atoms with van der Waals surface area (Å²) in [5, 5.41) is 2.29. The zero-order valence-corrected chi connectivity index (χ0v) is 20.1. The van der Waals surface area contributed by atoms with Gasteiger partial charge in [0.1, 0.15) is 15.4 Å². The molecular formula is C25H29N7OS. The summed E-state index contributed by atoms with van der Waals surface area (Å²) in [4.78, 5) is 27.1. The van der Waals surface area contributed by atoms with Crippen LogP contribution in [0.3, 0.4) is 0 Å². The summed E-state index contributed by atoms with van der Waals surface area (Å²) < 4.78 is 5.62. The standard InChI is InChI=1S/C25H29N7OS/c1-4-19(18-6-7-26-20(18)5-1)23-28-24(32-11-13-33-14-12-32)22-25(29-23)34-21(27-22)16-30-9-10-31-8-2-3-17(31)15-30/h1,4-7,17,26H,2-3,8-16H2. The van der Waals surface area contributed by atoms with Crippen LogP contribution in [0.2, 0.25) is 0 Å². The van der Waals surface area contributed by atoms with Crippen LogP contribution < -0.4 is 4.90 Å². The first kappa shape index (κ1) is 20.8. The number of morpholine rings is 1. The second-order valence-corrected chi connectivity index (χ2v) is 10.6. The minimum atomic E-state index is 0.719. The molecule has 3 aromatic heterocycles. The molecule has 7 rings (SSSR count). The van der Waals surface area contributed by atoms with Crippen molar-refractivity contribution in [2.45, 2.75) is 25.4 Å². The van der Waals surface area contributed by atoms with Crippen molar-refractivity contribution in [1.82, 2.24) is 29.7 Å². The van der Waals surface area contributed by atoms with Gasteiger partial charge in [-0.05, 0) is 31.5 Å². The Morgan fingerprint density at radius 2 is 1.97 bits per heavy atom. The Morgan fingerprint density at radius 3 is 2.91 bits per heavy atom. The van der Waals surface area contributed by atoms with Crippen LogP contribution in [0.15, 0.2) is 30.5 Å². The molecule has 9 heteroatoms. The highest BCUT2D eigenvalue weighted by Crippen LogP contribution is 2.34. The maximum absolute atomic E-state index is 5.62.